The maximum Gasteiger partial charge on any atom is 0.226 e. The third-order valence-corrected chi connectivity index (χ3v) is 2.66. The molecule has 1 heterocycles. The Balaban J connectivity index is 2.00. The zero-order valence-electron chi connectivity index (χ0n) is 8.73. The van der Waals surface area contributed by atoms with Gasteiger partial charge in [0.25, 0.3) is 0 Å². The van der Waals surface area contributed by atoms with Crippen LogP contribution in [0.2, 0.25) is 0 Å². The molecule has 0 saturated heterocycles. The Morgan fingerprint density at radius 2 is 2.21 bits per heavy atom. The first-order valence-electron chi connectivity index (χ1n) is 5.25. The summed E-state index contributed by atoms with van der Waals surface area (Å²) in [6.45, 7) is 4.11. The second kappa shape index (κ2) is 3.69. The summed E-state index contributed by atoms with van der Waals surface area (Å²) in [5, 5.41) is 3.91. The summed E-state index contributed by atoms with van der Waals surface area (Å²) >= 11 is 0. The molecule has 0 radical (unpaired) electrons. The molecule has 0 aromatic carbocycles. The van der Waals surface area contributed by atoms with Crippen LogP contribution in [0.4, 0.5) is 0 Å². The molecular weight excluding hydrogens is 178 g/mol. The lowest BCUT2D eigenvalue weighted by Gasteiger charge is -2.09. The van der Waals surface area contributed by atoms with Crippen molar-refractivity contribution >= 4 is 0 Å². The zero-order chi connectivity index (χ0) is 10.1. The third-order valence-electron chi connectivity index (χ3n) is 2.66. The summed E-state index contributed by atoms with van der Waals surface area (Å²) < 4.78 is 5.15. The Kier molecular flexibility index (Phi) is 2.54. The Morgan fingerprint density at radius 1 is 1.50 bits per heavy atom. The van der Waals surface area contributed by atoms with Crippen LogP contribution in [-0.2, 0) is 6.42 Å². The predicted molar refractivity (Wildman–Crippen MR) is 52.5 cm³/mol. The molecule has 4 heteroatoms. The normalized spacial score (nSPS) is 18.9. The largest absolute Gasteiger partial charge is 0.339 e. The fourth-order valence-electron chi connectivity index (χ4n) is 1.35. The highest BCUT2D eigenvalue weighted by Gasteiger charge is 2.25. The van der Waals surface area contributed by atoms with Crippen LogP contribution in [0.15, 0.2) is 4.52 Å². The first-order valence-corrected chi connectivity index (χ1v) is 5.25. The van der Waals surface area contributed by atoms with E-state index in [9.17, 15) is 0 Å². The molecule has 1 aliphatic carbocycles. The second-order valence-corrected chi connectivity index (χ2v) is 4.46. The zero-order valence-corrected chi connectivity index (χ0v) is 8.73. The van der Waals surface area contributed by atoms with Crippen molar-refractivity contribution in [1.82, 2.24) is 10.1 Å². The molecule has 0 aliphatic heterocycles. The van der Waals surface area contributed by atoms with Gasteiger partial charge in [0.15, 0.2) is 5.82 Å². The molecular formula is C10H17N3O. The third kappa shape index (κ3) is 2.12. The Bertz CT molecular complexity index is 304. The molecule has 0 bridgehead atoms. The highest BCUT2D eigenvalue weighted by atomic mass is 16.5. The minimum absolute atomic E-state index is 0.105. The first kappa shape index (κ1) is 9.65. The van der Waals surface area contributed by atoms with Gasteiger partial charge in [-0.2, -0.15) is 4.98 Å². The van der Waals surface area contributed by atoms with E-state index in [1.165, 1.54) is 12.8 Å². The van der Waals surface area contributed by atoms with Crippen molar-refractivity contribution in [2.45, 2.75) is 39.2 Å². The molecule has 1 aromatic heterocycles. The van der Waals surface area contributed by atoms with Crippen LogP contribution in [0.3, 0.4) is 0 Å². The molecule has 78 valence electrons. The SMILES string of the molecule is CC(C)C(N)c1noc(CC2CC2)n1. The molecule has 1 saturated carbocycles. The van der Waals surface area contributed by atoms with Crippen molar-refractivity contribution in [2.75, 3.05) is 0 Å². The summed E-state index contributed by atoms with van der Waals surface area (Å²) in [4.78, 5) is 4.31. The minimum atomic E-state index is -0.105. The van der Waals surface area contributed by atoms with Gasteiger partial charge in [-0.15, -0.1) is 0 Å². The summed E-state index contributed by atoms with van der Waals surface area (Å²) in [5.74, 6) is 2.52. The number of hydrogen-bond donors (Lipinski definition) is 1. The number of nitrogens with two attached hydrogens (primary N) is 1. The van der Waals surface area contributed by atoms with E-state index < -0.39 is 0 Å². The maximum absolute atomic E-state index is 5.91. The number of rotatable bonds is 4. The van der Waals surface area contributed by atoms with Crippen molar-refractivity contribution < 1.29 is 4.52 Å². The maximum atomic E-state index is 5.91. The van der Waals surface area contributed by atoms with Gasteiger partial charge in [-0.1, -0.05) is 19.0 Å². The van der Waals surface area contributed by atoms with Crippen LogP contribution in [-0.4, -0.2) is 10.1 Å². The molecule has 1 aromatic rings. The molecule has 0 spiro atoms. The topological polar surface area (TPSA) is 64.9 Å². The van der Waals surface area contributed by atoms with Gasteiger partial charge in [0.1, 0.15) is 0 Å². The molecule has 4 nitrogen and oxygen atoms in total. The molecule has 2 N–H and O–H groups in total. The van der Waals surface area contributed by atoms with E-state index >= 15 is 0 Å². The molecule has 0 amide bonds. The number of aromatic nitrogens is 2. The molecule has 1 atom stereocenters. The van der Waals surface area contributed by atoms with Gasteiger partial charge >= 0.3 is 0 Å². The van der Waals surface area contributed by atoms with Gasteiger partial charge in [-0.25, -0.2) is 0 Å². The van der Waals surface area contributed by atoms with E-state index in [0.29, 0.717) is 11.7 Å². The summed E-state index contributed by atoms with van der Waals surface area (Å²) in [6.07, 6.45) is 3.53. The first-order chi connectivity index (χ1) is 6.66. The van der Waals surface area contributed by atoms with Crippen LogP contribution < -0.4 is 5.73 Å². The van der Waals surface area contributed by atoms with E-state index in [1.807, 2.05) is 0 Å². The van der Waals surface area contributed by atoms with Crippen molar-refractivity contribution in [3.63, 3.8) is 0 Å². The van der Waals surface area contributed by atoms with Crippen molar-refractivity contribution in [1.29, 1.82) is 0 Å². The predicted octanol–water partition coefficient (Wildman–Crippen LogP) is 1.68. The second-order valence-electron chi connectivity index (χ2n) is 4.46. The van der Waals surface area contributed by atoms with Gasteiger partial charge in [-0.05, 0) is 24.7 Å². The lowest BCUT2D eigenvalue weighted by molar-refractivity contribution is 0.358. The van der Waals surface area contributed by atoms with E-state index in [1.54, 1.807) is 0 Å². The average Bonchev–Trinajstić information content (AvgIpc) is 2.81. The van der Waals surface area contributed by atoms with E-state index in [-0.39, 0.29) is 6.04 Å². The Hall–Kier alpha value is -0.900. The van der Waals surface area contributed by atoms with Crippen molar-refractivity contribution in [3.05, 3.63) is 11.7 Å². The van der Waals surface area contributed by atoms with E-state index in [2.05, 4.69) is 24.0 Å². The fourth-order valence-corrected chi connectivity index (χ4v) is 1.35. The summed E-state index contributed by atoms with van der Waals surface area (Å²) in [7, 11) is 0. The van der Waals surface area contributed by atoms with Crippen LogP contribution in [0.5, 0.6) is 0 Å². The fraction of sp³-hybridized carbons (Fsp3) is 0.800. The molecule has 1 fully saturated rings. The number of hydrogen-bond acceptors (Lipinski definition) is 4. The molecule has 1 aliphatic rings. The lowest BCUT2D eigenvalue weighted by atomic mass is 10.1. The minimum Gasteiger partial charge on any atom is -0.339 e. The lowest BCUT2D eigenvalue weighted by Crippen LogP contribution is -2.18. The van der Waals surface area contributed by atoms with Crippen LogP contribution in [0, 0.1) is 11.8 Å². The van der Waals surface area contributed by atoms with Crippen molar-refractivity contribution in [2.24, 2.45) is 17.6 Å². The number of nitrogens with zero attached hydrogens (tertiary/aromatic N) is 2. The van der Waals surface area contributed by atoms with E-state index in [4.69, 9.17) is 10.3 Å². The average molecular weight is 195 g/mol. The van der Waals surface area contributed by atoms with Crippen LogP contribution in [0.25, 0.3) is 0 Å². The van der Waals surface area contributed by atoms with Gasteiger partial charge in [0, 0.05) is 6.42 Å². The monoisotopic (exact) mass is 195 g/mol. The van der Waals surface area contributed by atoms with Crippen molar-refractivity contribution in [3.8, 4) is 0 Å². The van der Waals surface area contributed by atoms with Gasteiger partial charge in [0.05, 0.1) is 6.04 Å². The summed E-state index contributed by atoms with van der Waals surface area (Å²) in [5.41, 5.74) is 5.91. The molecule has 2 rings (SSSR count). The molecule has 1 unspecified atom stereocenters. The Labute approximate surface area is 83.9 Å². The van der Waals surface area contributed by atoms with E-state index in [0.717, 1.165) is 18.2 Å². The Morgan fingerprint density at radius 3 is 2.79 bits per heavy atom. The quantitative estimate of drug-likeness (QED) is 0.793. The summed E-state index contributed by atoms with van der Waals surface area (Å²) in [6, 6.07) is -0.105. The van der Waals surface area contributed by atoms with Gasteiger partial charge < -0.3 is 10.3 Å². The van der Waals surface area contributed by atoms with Crippen LogP contribution >= 0.6 is 0 Å². The standard InChI is InChI=1S/C10H17N3O/c1-6(2)9(11)10-12-8(14-13-10)5-7-3-4-7/h6-7,9H,3-5,11H2,1-2H3. The molecule has 14 heavy (non-hydrogen) atoms. The van der Waals surface area contributed by atoms with Crippen LogP contribution in [0.1, 0.15) is 44.4 Å². The van der Waals surface area contributed by atoms with Gasteiger partial charge in [-0.3, -0.25) is 0 Å². The highest BCUT2D eigenvalue weighted by molar-refractivity contribution is 4.96. The highest BCUT2D eigenvalue weighted by Crippen LogP contribution is 2.32. The smallest absolute Gasteiger partial charge is 0.226 e. The van der Waals surface area contributed by atoms with Gasteiger partial charge in [0.2, 0.25) is 5.89 Å².